The normalized spacial score (nSPS) is 10.8. The lowest BCUT2D eigenvalue weighted by Crippen LogP contribution is -1.89. The number of ether oxygens (including phenoxy) is 1. The summed E-state index contributed by atoms with van der Waals surface area (Å²) in [5.41, 5.74) is 10.1. The van der Waals surface area contributed by atoms with E-state index in [1.807, 2.05) is 24.3 Å². The van der Waals surface area contributed by atoms with Crippen LogP contribution in [0.1, 0.15) is 5.56 Å². The van der Waals surface area contributed by atoms with Gasteiger partial charge in [0.05, 0.1) is 27.0 Å². The van der Waals surface area contributed by atoms with Crippen molar-refractivity contribution < 1.29 is 4.74 Å². The van der Waals surface area contributed by atoms with E-state index in [4.69, 9.17) is 10.5 Å². The molecule has 0 bridgehead atoms. The molecule has 2 aromatic heterocycles. The molecule has 4 nitrogen and oxygen atoms in total. The number of nitrogens with one attached hydrogen (secondary N) is 1. The quantitative estimate of drug-likeness (QED) is 0.721. The molecule has 0 atom stereocenters. The molecule has 0 aliphatic heterocycles. The van der Waals surface area contributed by atoms with Crippen LogP contribution in [0.2, 0.25) is 0 Å². The average molecular weight is 364 g/mol. The summed E-state index contributed by atoms with van der Waals surface area (Å²) in [6.07, 6.45) is 0. The van der Waals surface area contributed by atoms with Crippen LogP contribution >= 0.6 is 27.3 Å². The fourth-order valence-electron chi connectivity index (χ4n) is 2.19. The fourth-order valence-corrected chi connectivity index (χ4v) is 3.72. The molecule has 108 valence electrons. The molecule has 3 rings (SSSR count). The number of H-pyrrole nitrogens is 1. The first-order valence-corrected chi connectivity index (χ1v) is 7.95. The summed E-state index contributed by atoms with van der Waals surface area (Å²) in [4.78, 5) is 1.10. The van der Waals surface area contributed by atoms with Crippen molar-refractivity contribution in [3.63, 3.8) is 0 Å². The Morgan fingerprint density at radius 1 is 1.33 bits per heavy atom. The van der Waals surface area contributed by atoms with E-state index < -0.39 is 0 Å². The molecule has 0 aliphatic carbocycles. The molecule has 6 heteroatoms. The van der Waals surface area contributed by atoms with Gasteiger partial charge >= 0.3 is 0 Å². The van der Waals surface area contributed by atoms with Crippen molar-refractivity contribution >= 4 is 33.1 Å². The van der Waals surface area contributed by atoms with Gasteiger partial charge in [-0.3, -0.25) is 5.10 Å². The Morgan fingerprint density at radius 3 is 2.81 bits per heavy atom. The standard InChI is InChI=1S/C15H14BrN3OS/c1-8-6-11(21-14(8)16)13-12(15(17)19-18-13)9-4-3-5-10(7-9)20-2/h3-7H,1-2H3,(H3,17,18,19). The summed E-state index contributed by atoms with van der Waals surface area (Å²) in [5.74, 6) is 1.28. The summed E-state index contributed by atoms with van der Waals surface area (Å²) in [6, 6.07) is 9.93. The Kier molecular flexibility index (Phi) is 3.73. The van der Waals surface area contributed by atoms with Gasteiger partial charge in [-0.1, -0.05) is 12.1 Å². The highest BCUT2D eigenvalue weighted by molar-refractivity contribution is 9.11. The number of aryl methyl sites for hydroxylation is 1. The topological polar surface area (TPSA) is 63.9 Å². The second-order valence-corrected chi connectivity index (χ2v) is 7.03. The van der Waals surface area contributed by atoms with Gasteiger partial charge in [0.15, 0.2) is 5.82 Å². The van der Waals surface area contributed by atoms with Gasteiger partial charge in [0.25, 0.3) is 0 Å². The fraction of sp³-hybridized carbons (Fsp3) is 0.133. The van der Waals surface area contributed by atoms with Crippen LogP contribution in [0, 0.1) is 6.92 Å². The predicted molar refractivity (Wildman–Crippen MR) is 90.7 cm³/mol. The maximum absolute atomic E-state index is 6.06. The van der Waals surface area contributed by atoms with E-state index in [1.165, 1.54) is 5.56 Å². The number of aromatic amines is 1. The molecule has 0 saturated carbocycles. The van der Waals surface area contributed by atoms with Gasteiger partial charge in [0.2, 0.25) is 0 Å². The number of benzene rings is 1. The zero-order valence-corrected chi connectivity index (χ0v) is 14.0. The number of nitrogen functional groups attached to an aromatic ring is 1. The van der Waals surface area contributed by atoms with Gasteiger partial charge in [-0.15, -0.1) is 11.3 Å². The molecular formula is C15H14BrN3OS. The maximum Gasteiger partial charge on any atom is 0.153 e. The summed E-state index contributed by atoms with van der Waals surface area (Å²) < 4.78 is 6.40. The molecule has 0 radical (unpaired) electrons. The number of nitrogens with two attached hydrogens (primary N) is 1. The van der Waals surface area contributed by atoms with Gasteiger partial charge in [-0.2, -0.15) is 5.10 Å². The van der Waals surface area contributed by atoms with Crippen LogP contribution in [-0.4, -0.2) is 17.3 Å². The van der Waals surface area contributed by atoms with E-state index >= 15 is 0 Å². The van der Waals surface area contributed by atoms with Crippen LogP contribution in [0.15, 0.2) is 34.1 Å². The largest absolute Gasteiger partial charge is 0.497 e. The number of hydrogen-bond donors (Lipinski definition) is 2. The van der Waals surface area contributed by atoms with Gasteiger partial charge in [0, 0.05) is 0 Å². The minimum Gasteiger partial charge on any atom is -0.497 e. The van der Waals surface area contributed by atoms with E-state index in [0.29, 0.717) is 5.82 Å². The van der Waals surface area contributed by atoms with Crippen molar-refractivity contribution in [2.75, 3.05) is 12.8 Å². The first-order chi connectivity index (χ1) is 10.1. The third-order valence-corrected chi connectivity index (χ3v) is 5.41. The van der Waals surface area contributed by atoms with Gasteiger partial charge in [0.1, 0.15) is 5.75 Å². The van der Waals surface area contributed by atoms with Crippen LogP contribution in [0.25, 0.3) is 21.7 Å². The average Bonchev–Trinajstić information content (AvgIpc) is 3.02. The number of nitrogens with zero attached hydrogens (tertiary/aromatic N) is 1. The summed E-state index contributed by atoms with van der Waals surface area (Å²) in [6.45, 7) is 2.06. The predicted octanol–water partition coefficient (Wildman–Crippen LogP) is 4.47. The first kappa shape index (κ1) is 14.2. The molecule has 3 aromatic rings. The lowest BCUT2D eigenvalue weighted by Gasteiger charge is -2.05. The molecule has 2 heterocycles. The van der Waals surface area contributed by atoms with Crippen molar-refractivity contribution in [3.05, 3.63) is 39.7 Å². The number of thiophene rings is 1. The van der Waals surface area contributed by atoms with Crippen LogP contribution in [0.5, 0.6) is 5.75 Å². The number of halogens is 1. The third kappa shape index (κ3) is 2.56. The number of aromatic nitrogens is 2. The second kappa shape index (κ2) is 5.54. The molecule has 0 amide bonds. The molecule has 3 N–H and O–H groups in total. The van der Waals surface area contributed by atoms with Crippen LogP contribution in [-0.2, 0) is 0 Å². The van der Waals surface area contributed by atoms with Gasteiger partial charge in [-0.25, -0.2) is 0 Å². The lowest BCUT2D eigenvalue weighted by molar-refractivity contribution is 0.415. The SMILES string of the molecule is COc1cccc(-c2c(N)n[nH]c2-c2cc(C)c(Br)s2)c1. The van der Waals surface area contributed by atoms with Crippen molar-refractivity contribution in [1.82, 2.24) is 10.2 Å². The van der Waals surface area contributed by atoms with Crippen molar-refractivity contribution in [3.8, 4) is 27.4 Å². The highest BCUT2D eigenvalue weighted by Gasteiger charge is 2.17. The monoisotopic (exact) mass is 363 g/mol. The lowest BCUT2D eigenvalue weighted by atomic mass is 10.0. The van der Waals surface area contributed by atoms with Crippen molar-refractivity contribution in [1.29, 1.82) is 0 Å². The summed E-state index contributed by atoms with van der Waals surface area (Å²) in [7, 11) is 1.65. The third-order valence-electron chi connectivity index (χ3n) is 3.26. The molecule has 0 fully saturated rings. The Balaban J connectivity index is 2.16. The maximum atomic E-state index is 6.06. The zero-order chi connectivity index (χ0) is 15.0. The zero-order valence-electron chi connectivity index (χ0n) is 11.6. The minimum absolute atomic E-state index is 0.487. The Labute approximate surface area is 135 Å². The number of hydrogen-bond acceptors (Lipinski definition) is 4. The minimum atomic E-state index is 0.487. The van der Waals surface area contributed by atoms with Crippen LogP contribution in [0.3, 0.4) is 0 Å². The molecule has 21 heavy (non-hydrogen) atoms. The van der Waals surface area contributed by atoms with Crippen molar-refractivity contribution in [2.45, 2.75) is 6.92 Å². The summed E-state index contributed by atoms with van der Waals surface area (Å²) in [5, 5.41) is 7.21. The molecule has 0 spiro atoms. The first-order valence-electron chi connectivity index (χ1n) is 6.34. The number of anilines is 1. The molecular weight excluding hydrogens is 350 g/mol. The second-order valence-electron chi connectivity index (χ2n) is 4.66. The summed E-state index contributed by atoms with van der Waals surface area (Å²) >= 11 is 5.21. The van der Waals surface area contributed by atoms with Crippen LogP contribution < -0.4 is 10.5 Å². The molecule has 1 aromatic carbocycles. The Hall–Kier alpha value is -1.79. The number of methoxy groups -OCH3 is 1. The van der Waals surface area contributed by atoms with Crippen molar-refractivity contribution in [2.24, 2.45) is 0 Å². The Morgan fingerprint density at radius 2 is 2.14 bits per heavy atom. The smallest absolute Gasteiger partial charge is 0.153 e. The molecule has 0 saturated heterocycles. The highest BCUT2D eigenvalue weighted by atomic mass is 79.9. The molecule has 0 unspecified atom stereocenters. The van der Waals surface area contributed by atoms with E-state index in [0.717, 1.165) is 31.2 Å². The van der Waals surface area contributed by atoms with Crippen LogP contribution in [0.4, 0.5) is 5.82 Å². The van der Waals surface area contributed by atoms with Gasteiger partial charge in [-0.05, 0) is 52.2 Å². The van der Waals surface area contributed by atoms with E-state index in [2.05, 4.69) is 39.1 Å². The molecule has 0 aliphatic rings. The number of rotatable bonds is 3. The van der Waals surface area contributed by atoms with E-state index in [-0.39, 0.29) is 0 Å². The van der Waals surface area contributed by atoms with E-state index in [9.17, 15) is 0 Å². The highest BCUT2D eigenvalue weighted by Crippen LogP contribution is 2.41. The Bertz CT molecular complexity index is 775. The van der Waals surface area contributed by atoms with E-state index in [1.54, 1.807) is 18.4 Å². The van der Waals surface area contributed by atoms with Gasteiger partial charge < -0.3 is 10.5 Å².